The topological polar surface area (TPSA) is 46.6 Å². The van der Waals surface area contributed by atoms with Gasteiger partial charge in [-0.2, -0.15) is 0 Å². The van der Waals surface area contributed by atoms with Gasteiger partial charge < -0.3 is 9.64 Å². The highest BCUT2D eigenvalue weighted by atomic mass is 16.6. The van der Waals surface area contributed by atoms with Crippen LogP contribution in [0.3, 0.4) is 0 Å². The van der Waals surface area contributed by atoms with Crippen LogP contribution in [-0.4, -0.2) is 29.9 Å². The van der Waals surface area contributed by atoms with E-state index in [2.05, 4.69) is 31.2 Å². The summed E-state index contributed by atoms with van der Waals surface area (Å²) >= 11 is 0. The first-order valence-corrected chi connectivity index (χ1v) is 10.3. The third kappa shape index (κ3) is 3.09. The predicted octanol–water partition coefficient (Wildman–Crippen LogP) is 4.96. The van der Waals surface area contributed by atoms with Crippen molar-refractivity contribution in [2.24, 2.45) is 0 Å². The Morgan fingerprint density at radius 1 is 0.867 bits per heavy atom. The van der Waals surface area contributed by atoms with E-state index < -0.39 is 5.60 Å². The molecule has 0 bridgehead atoms. The fourth-order valence-corrected chi connectivity index (χ4v) is 4.52. The summed E-state index contributed by atoms with van der Waals surface area (Å²) in [5.41, 5.74) is 5.18. The first kappa shape index (κ1) is 18.6. The van der Waals surface area contributed by atoms with Crippen molar-refractivity contribution in [3.63, 3.8) is 0 Å². The maximum absolute atomic E-state index is 13.0. The number of piperidine rings is 1. The Labute approximate surface area is 176 Å². The van der Waals surface area contributed by atoms with Crippen LogP contribution >= 0.6 is 0 Å². The van der Waals surface area contributed by atoms with Gasteiger partial charge in [0.05, 0.1) is 5.56 Å². The van der Waals surface area contributed by atoms with Crippen molar-refractivity contribution in [1.82, 2.24) is 4.90 Å². The van der Waals surface area contributed by atoms with Crippen LogP contribution < -0.4 is 0 Å². The van der Waals surface area contributed by atoms with E-state index in [1.807, 2.05) is 53.4 Å². The summed E-state index contributed by atoms with van der Waals surface area (Å²) in [7, 11) is 0. The largest absolute Gasteiger partial charge is 0.450 e. The van der Waals surface area contributed by atoms with Crippen LogP contribution in [0.4, 0.5) is 0 Å². The molecule has 30 heavy (non-hydrogen) atoms. The van der Waals surface area contributed by atoms with Gasteiger partial charge in [0.2, 0.25) is 0 Å². The predicted molar refractivity (Wildman–Crippen MR) is 115 cm³/mol. The first-order chi connectivity index (χ1) is 14.6. The highest BCUT2D eigenvalue weighted by Gasteiger charge is 2.47. The molecule has 5 rings (SSSR count). The van der Waals surface area contributed by atoms with Crippen molar-refractivity contribution in [3.8, 4) is 11.1 Å². The zero-order chi connectivity index (χ0) is 20.7. The molecule has 4 heteroatoms. The molecule has 4 nitrogen and oxygen atoms in total. The Hall–Kier alpha value is -3.40. The van der Waals surface area contributed by atoms with Gasteiger partial charge in [-0.1, -0.05) is 60.2 Å². The molecule has 0 aromatic heterocycles. The maximum atomic E-state index is 13.0. The number of likely N-dealkylation sites (tertiary alicyclic amines) is 1. The first-order valence-electron chi connectivity index (χ1n) is 10.3. The van der Waals surface area contributed by atoms with Crippen molar-refractivity contribution < 1.29 is 14.3 Å². The van der Waals surface area contributed by atoms with Crippen LogP contribution in [0, 0.1) is 6.92 Å². The summed E-state index contributed by atoms with van der Waals surface area (Å²) in [5.74, 6) is -0.227. The van der Waals surface area contributed by atoms with Crippen molar-refractivity contribution in [3.05, 3.63) is 95.1 Å². The SMILES string of the molecule is Cc1ccc(-c2ccc(C(=O)N3CCC4(CC3)OC(=O)c3ccccc34)cc2)cc1. The summed E-state index contributed by atoms with van der Waals surface area (Å²) in [4.78, 5) is 27.1. The molecule has 1 saturated heterocycles. The average molecular weight is 397 g/mol. The Kier molecular flexibility index (Phi) is 4.43. The molecule has 150 valence electrons. The zero-order valence-corrected chi connectivity index (χ0v) is 16.9. The molecular formula is C26H23NO3. The van der Waals surface area contributed by atoms with Crippen molar-refractivity contribution in [2.45, 2.75) is 25.4 Å². The number of hydrogen-bond donors (Lipinski definition) is 0. The van der Waals surface area contributed by atoms with Gasteiger partial charge in [0.1, 0.15) is 5.60 Å². The highest BCUT2D eigenvalue weighted by molar-refractivity contribution is 5.96. The molecular weight excluding hydrogens is 374 g/mol. The van der Waals surface area contributed by atoms with Crippen molar-refractivity contribution in [1.29, 1.82) is 0 Å². The standard InChI is InChI=1S/C26H23NO3/c1-18-6-8-19(9-7-18)20-10-12-21(13-11-20)24(28)27-16-14-26(15-17-27)23-5-3-2-4-22(23)25(29)30-26/h2-13H,14-17H2,1H3. The molecule has 3 aromatic rings. The minimum atomic E-state index is -0.584. The lowest BCUT2D eigenvalue weighted by Gasteiger charge is -2.38. The minimum Gasteiger partial charge on any atom is -0.450 e. The number of nitrogens with zero attached hydrogens (tertiary/aromatic N) is 1. The van der Waals surface area contributed by atoms with Gasteiger partial charge in [-0.15, -0.1) is 0 Å². The number of benzene rings is 3. The molecule has 2 heterocycles. The molecule has 0 unspecified atom stereocenters. The number of fused-ring (bicyclic) bond motifs is 2. The van der Waals surface area contributed by atoms with E-state index in [1.54, 1.807) is 0 Å². The van der Waals surface area contributed by atoms with Gasteiger partial charge in [-0.05, 0) is 36.2 Å². The van der Waals surface area contributed by atoms with Gasteiger partial charge in [0, 0.05) is 37.1 Å². The quantitative estimate of drug-likeness (QED) is 0.574. The van der Waals surface area contributed by atoms with E-state index in [-0.39, 0.29) is 11.9 Å². The lowest BCUT2D eigenvalue weighted by atomic mass is 9.83. The summed E-state index contributed by atoms with van der Waals surface area (Å²) < 4.78 is 5.79. The molecule has 1 amide bonds. The summed E-state index contributed by atoms with van der Waals surface area (Å²) in [6, 6.07) is 23.7. The minimum absolute atomic E-state index is 0.0258. The van der Waals surface area contributed by atoms with E-state index in [0.717, 1.165) is 16.7 Å². The number of hydrogen-bond acceptors (Lipinski definition) is 3. The molecule has 1 spiro atoms. The van der Waals surface area contributed by atoms with Crippen LogP contribution in [0.2, 0.25) is 0 Å². The number of carbonyl (C=O) groups is 2. The Morgan fingerprint density at radius 3 is 2.13 bits per heavy atom. The van der Waals surface area contributed by atoms with Gasteiger partial charge in [-0.3, -0.25) is 4.79 Å². The second-order valence-electron chi connectivity index (χ2n) is 8.16. The van der Waals surface area contributed by atoms with Gasteiger partial charge in [-0.25, -0.2) is 4.79 Å². The Morgan fingerprint density at radius 2 is 1.47 bits per heavy atom. The Bertz CT molecular complexity index is 1110. The third-order valence-corrected chi connectivity index (χ3v) is 6.30. The fraction of sp³-hybridized carbons (Fsp3) is 0.231. The van der Waals surface area contributed by atoms with Gasteiger partial charge >= 0.3 is 5.97 Å². The second kappa shape index (κ2) is 7.13. The lowest BCUT2D eigenvalue weighted by Crippen LogP contribution is -2.45. The number of amides is 1. The summed E-state index contributed by atoms with van der Waals surface area (Å²) in [5, 5.41) is 0. The number of carbonyl (C=O) groups excluding carboxylic acids is 2. The number of esters is 1. The number of rotatable bonds is 2. The summed E-state index contributed by atoms with van der Waals surface area (Å²) in [6.07, 6.45) is 1.26. The molecule has 0 atom stereocenters. The molecule has 2 aliphatic rings. The van der Waals surface area contributed by atoms with Gasteiger partial charge in [0.15, 0.2) is 0 Å². The monoisotopic (exact) mass is 397 g/mol. The molecule has 0 N–H and O–H groups in total. The molecule has 3 aromatic carbocycles. The normalized spacial score (nSPS) is 17.0. The number of ether oxygens (including phenoxy) is 1. The molecule has 0 saturated carbocycles. The molecule has 1 fully saturated rings. The van der Waals surface area contributed by atoms with Crippen LogP contribution in [0.15, 0.2) is 72.8 Å². The van der Waals surface area contributed by atoms with Crippen LogP contribution in [0.1, 0.15) is 44.7 Å². The van der Waals surface area contributed by atoms with Crippen LogP contribution in [0.25, 0.3) is 11.1 Å². The van der Waals surface area contributed by atoms with Crippen LogP contribution in [0.5, 0.6) is 0 Å². The van der Waals surface area contributed by atoms with E-state index >= 15 is 0 Å². The second-order valence-corrected chi connectivity index (χ2v) is 8.16. The highest BCUT2D eigenvalue weighted by Crippen LogP contribution is 2.44. The van der Waals surface area contributed by atoms with Crippen molar-refractivity contribution >= 4 is 11.9 Å². The van der Waals surface area contributed by atoms with E-state index in [9.17, 15) is 9.59 Å². The maximum Gasteiger partial charge on any atom is 0.339 e. The molecule has 0 aliphatic carbocycles. The fourth-order valence-electron chi connectivity index (χ4n) is 4.52. The third-order valence-electron chi connectivity index (χ3n) is 6.30. The smallest absolute Gasteiger partial charge is 0.339 e. The van der Waals surface area contributed by atoms with E-state index in [4.69, 9.17) is 4.74 Å². The van der Waals surface area contributed by atoms with Gasteiger partial charge in [0.25, 0.3) is 5.91 Å². The van der Waals surface area contributed by atoms with E-state index in [1.165, 1.54) is 5.56 Å². The Balaban J connectivity index is 1.30. The average Bonchev–Trinajstić information content (AvgIpc) is 3.06. The lowest BCUT2D eigenvalue weighted by molar-refractivity contribution is -0.0389. The zero-order valence-electron chi connectivity index (χ0n) is 16.9. The number of aryl methyl sites for hydroxylation is 1. The summed E-state index contributed by atoms with van der Waals surface area (Å²) in [6.45, 7) is 3.21. The van der Waals surface area contributed by atoms with E-state index in [0.29, 0.717) is 37.1 Å². The van der Waals surface area contributed by atoms with Crippen molar-refractivity contribution in [2.75, 3.05) is 13.1 Å². The molecule has 2 aliphatic heterocycles. The van der Waals surface area contributed by atoms with Crippen LogP contribution in [-0.2, 0) is 10.3 Å². The molecule has 0 radical (unpaired) electrons.